The Morgan fingerprint density at radius 2 is 2.12 bits per heavy atom. The Hall–Kier alpha value is -0.300. The summed E-state index contributed by atoms with van der Waals surface area (Å²) in [6.45, 7) is 0.928. The van der Waals surface area contributed by atoms with Gasteiger partial charge in [-0.05, 0) is 6.42 Å². The van der Waals surface area contributed by atoms with E-state index in [1.807, 2.05) is 6.92 Å². The molecular weight excluding hydrogens is 291 g/mol. The first kappa shape index (κ1) is 15.7. The van der Waals surface area contributed by atoms with Crippen LogP contribution in [0.3, 0.4) is 0 Å². The number of rotatable bonds is 7. The molecule has 0 rings (SSSR count). The van der Waals surface area contributed by atoms with E-state index in [1.165, 1.54) is 0 Å². The van der Waals surface area contributed by atoms with E-state index in [-0.39, 0.29) is 18.9 Å². The average Bonchev–Trinajstić information content (AvgIpc) is 2.10. The fourth-order valence-electron chi connectivity index (χ4n) is 0.852. The van der Waals surface area contributed by atoms with Gasteiger partial charge in [0, 0.05) is 17.8 Å². The topological polar surface area (TPSA) is 38.3 Å². The number of halogens is 4. The number of alkyl halides is 4. The van der Waals surface area contributed by atoms with Crippen molar-refractivity contribution in [2.75, 3.05) is 19.8 Å². The Labute approximate surface area is 101 Å². The molecule has 0 aliphatic rings. The molecule has 0 saturated heterocycles. The lowest BCUT2D eigenvalue weighted by Gasteiger charge is -2.08. The molecule has 0 aliphatic heterocycles. The van der Waals surface area contributed by atoms with Gasteiger partial charge in [0.2, 0.25) is 5.91 Å². The van der Waals surface area contributed by atoms with Gasteiger partial charge in [-0.2, -0.15) is 13.2 Å². The van der Waals surface area contributed by atoms with Crippen LogP contribution in [0.4, 0.5) is 13.2 Å². The van der Waals surface area contributed by atoms with Crippen LogP contribution in [0.2, 0.25) is 0 Å². The quantitative estimate of drug-likeness (QED) is 0.579. The lowest BCUT2D eigenvalue weighted by molar-refractivity contribution is -0.174. The van der Waals surface area contributed by atoms with Crippen molar-refractivity contribution in [3.63, 3.8) is 0 Å². The van der Waals surface area contributed by atoms with Crippen LogP contribution in [0.5, 0.6) is 0 Å². The molecule has 0 spiro atoms. The molecule has 16 heavy (non-hydrogen) atoms. The average molecular weight is 306 g/mol. The smallest absolute Gasteiger partial charge is 0.372 e. The van der Waals surface area contributed by atoms with Crippen LogP contribution in [0.1, 0.15) is 19.8 Å². The van der Waals surface area contributed by atoms with E-state index in [1.54, 1.807) is 0 Å². The summed E-state index contributed by atoms with van der Waals surface area (Å²) in [6, 6.07) is 0. The van der Waals surface area contributed by atoms with Gasteiger partial charge in [-0.1, -0.05) is 22.9 Å². The highest BCUT2D eigenvalue weighted by Crippen LogP contribution is 2.14. The second-order valence-electron chi connectivity index (χ2n) is 3.34. The number of carbonyl (C=O) groups excluding carboxylic acids is 1. The van der Waals surface area contributed by atoms with Gasteiger partial charge >= 0.3 is 6.18 Å². The zero-order valence-electron chi connectivity index (χ0n) is 8.94. The van der Waals surface area contributed by atoms with Crippen LogP contribution in [-0.4, -0.2) is 36.7 Å². The fraction of sp³-hybridized carbons (Fsp3) is 0.889. The summed E-state index contributed by atoms with van der Waals surface area (Å²) in [4.78, 5) is 11.4. The van der Waals surface area contributed by atoms with Crippen LogP contribution in [0, 0.1) is 0 Å². The molecule has 3 nitrogen and oxygen atoms in total. The van der Waals surface area contributed by atoms with Gasteiger partial charge in [0.1, 0.15) is 6.61 Å². The minimum absolute atomic E-state index is 0.0489. The summed E-state index contributed by atoms with van der Waals surface area (Å²) in [6.07, 6.45) is -3.61. The zero-order valence-corrected chi connectivity index (χ0v) is 10.5. The standard InChI is InChI=1S/C9H15BrF3NO2/c1-7(10)2-4-14-8(15)3-5-16-6-9(11,12)13/h7H,2-6H2,1H3,(H,14,15). The van der Waals surface area contributed by atoms with Crippen molar-refractivity contribution < 1.29 is 22.7 Å². The third-order valence-electron chi connectivity index (χ3n) is 1.60. The van der Waals surface area contributed by atoms with Gasteiger partial charge in [-0.3, -0.25) is 4.79 Å². The first-order chi connectivity index (χ1) is 7.31. The molecule has 0 saturated carbocycles. The van der Waals surface area contributed by atoms with Gasteiger partial charge in [-0.25, -0.2) is 0 Å². The SMILES string of the molecule is CC(Br)CCNC(=O)CCOCC(F)(F)F. The maximum absolute atomic E-state index is 11.6. The Morgan fingerprint density at radius 1 is 1.50 bits per heavy atom. The molecule has 1 unspecified atom stereocenters. The fourth-order valence-corrected chi connectivity index (χ4v) is 1.08. The van der Waals surface area contributed by atoms with Crippen molar-refractivity contribution in [2.24, 2.45) is 0 Å². The van der Waals surface area contributed by atoms with Gasteiger partial charge in [0.05, 0.1) is 6.61 Å². The predicted octanol–water partition coefficient (Wildman–Crippen LogP) is 2.25. The normalized spacial score (nSPS) is 13.6. The summed E-state index contributed by atoms with van der Waals surface area (Å²) in [5, 5.41) is 2.58. The minimum Gasteiger partial charge on any atom is -0.372 e. The molecule has 1 amide bonds. The van der Waals surface area contributed by atoms with Gasteiger partial charge < -0.3 is 10.1 Å². The first-order valence-corrected chi connectivity index (χ1v) is 5.78. The summed E-state index contributed by atoms with van der Waals surface area (Å²) >= 11 is 3.31. The lowest BCUT2D eigenvalue weighted by Crippen LogP contribution is -2.27. The number of carbonyl (C=O) groups is 1. The molecule has 0 heterocycles. The number of ether oxygens (including phenoxy) is 1. The second-order valence-corrected chi connectivity index (χ2v) is 4.90. The van der Waals surface area contributed by atoms with E-state index in [9.17, 15) is 18.0 Å². The van der Waals surface area contributed by atoms with Crippen LogP contribution < -0.4 is 5.32 Å². The van der Waals surface area contributed by atoms with Crippen molar-refractivity contribution in [2.45, 2.75) is 30.8 Å². The molecule has 7 heteroatoms. The van der Waals surface area contributed by atoms with E-state index < -0.39 is 12.8 Å². The molecule has 1 atom stereocenters. The number of amides is 1. The molecule has 0 aromatic carbocycles. The summed E-state index contributed by atoms with van der Waals surface area (Å²) < 4.78 is 39.2. The summed E-state index contributed by atoms with van der Waals surface area (Å²) in [7, 11) is 0. The van der Waals surface area contributed by atoms with E-state index in [2.05, 4.69) is 26.0 Å². The maximum atomic E-state index is 11.6. The Balaban J connectivity index is 3.38. The third-order valence-corrected chi connectivity index (χ3v) is 2.06. The number of nitrogens with one attached hydrogen (secondary N) is 1. The Morgan fingerprint density at radius 3 is 2.62 bits per heavy atom. The zero-order chi connectivity index (χ0) is 12.6. The van der Waals surface area contributed by atoms with Crippen LogP contribution in [0.15, 0.2) is 0 Å². The first-order valence-electron chi connectivity index (χ1n) is 4.86. The third kappa shape index (κ3) is 11.8. The molecule has 0 aromatic rings. The molecule has 0 aromatic heterocycles. The van der Waals surface area contributed by atoms with Crippen molar-refractivity contribution in [3.8, 4) is 0 Å². The largest absolute Gasteiger partial charge is 0.411 e. The van der Waals surface area contributed by atoms with Crippen molar-refractivity contribution in [1.82, 2.24) is 5.32 Å². The van der Waals surface area contributed by atoms with Gasteiger partial charge in [-0.15, -0.1) is 0 Å². The van der Waals surface area contributed by atoms with Crippen LogP contribution in [-0.2, 0) is 9.53 Å². The second kappa shape index (κ2) is 7.89. The summed E-state index contributed by atoms with van der Waals surface area (Å²) in [5.41, 5.74) is 0. The van der Waals surface area contributed by atoms with Gasteiger partial charge in [0.15, 0.2) is 0 Å². The molecular formula is C9H15BrF3NO2. The van der Waals surface area contributed by atoms with Gasteiger partial charge in [0.25, 0.3) is 0 Å². The van der Waals surface area contributed by atoms with Crippen molar-refractivity contribution >= 4 is 21.8 Å². The maximum Gasteiger partial charge on any atom is 0.411 e. The highest BCUT2D eigenvalue weighted by atomic mass is 79.9. The van der Waals surface area contributed by atoms with Crippen molar-refractivity contribution in [3.05, 3.63) is 0 Å². The highest BCUT2D eigenvalue weighted by molar-refractivity contribution is 9.09. The molecule has 0 aliphatic carbocycles. The predicted molar refractivity (Wildman–Crippen MR) is 57.5 cm³/mol. The minimum atomic E-state index is -4.33. The Bertz CT molecular complexity index is 209. The van der Waals surface area contributed by atoms with Crippen molar-refractivity contribution in [1.29, 1.82) is 0 Å². The molecule has 1 N–H and O–H groups in total. The lowest BCUT2D eigenvalue weighted by atomic mass is 10.3. The highest BCUT2D eigenvalue weighted by Gasteiger charge is 2.27. The van der Waals surface area contributed by atoms with E-state index in [0.717, 1.165) is 6.42 Å². The monoisotopic (exact) mass is 305 g/mol. The van der Waals surface area contributed by atoms with E-state index in [0.29, 0.717) is 11.4 Å². The Kier molecular flexibility index (Phi) is 7.74. The van der Waals surface area contributed by atoms with E-state index in [4.69, 9.17) is 0 Å². The summed E-state index contributed by atoms with van der Waals surface area (Å²) in [5.74, 6) is -0.296. The van der Waals surface area contributed by atoms with Crippen LogP contribution in [0.25, 0.3) is 0 Å². The van der Waals surface area contributed by atoms with E-state index >= 15 is 0 Å². The number of hydrogen-bond donors (Lipinski definition) is 1. The molecule has 0 bridgehead atoms. The molecule has 96 valence electrons. The van der Waals surface area contributed by atoms with Crippen LogP contribution >= 0.6 is 15.9 Å². The molecule has 0 fully saturated rings. The molecule has 0 radical (unpaired) electrons. The number of hydrogen-bond acceptors (Lipinski definition) is 2.